The first-order valence-electron chi connectivity index (χ1n) is 10.4. The maximum Gasteiger partial charge on any atom is 0.410 e. The van der Waals surface area contributed by atoms with Gasteiger partial charge in [0, 0.05) is 58.2 Å². The lowest BCUT2D eigenvalue weighted by atomic mass is 10.1. The molecular weight excluding hydrogens is 372 g/mol. The number of hydrogen-bond donors (Lipinski definition) is 0. The zero-order chi connectivity index (χ0) is 20.5. The molecule has 2 unspecified atom stereocenters. The molecule has 0 saturated carbocycles. The van der Waals surface area contributed by atoms with Gasteiger partial charge in [0.05, 0.1) is 17.7 Å². The number of hydrazone groups is 1. The van der Waals surface area contributed by atoms with Gasteiger partial charge in [-0.2, -0.15) is 5.10 Å². The van der Waals surface area contributed by atoms with Gasteiger partial charge in [-0.05, 0) is 20.8 Å². The number of carbonyl (C=O) groups excluding carboxylic acids is 1. The van der Waals surface area contributed by atoms with Crippen molar-refractivity contribution in [1.29, 1.82) is 0 Å². The number of carbonyl (C=O) groups is 1. The summed E-state index contributed by atoms with van der Waals surface area (Å²) < 4.78 is 11.5. The quantitative estimate of drug-likeness (QED) is 0.761. The highest BCUT2D eigenvalue weighted by Gasteiger charge is 2.39. The highest BCUT2D eigenvalue weighted by molar-refractivity contribution is 5.68. The molecule has 2 fully saturated rings. The molecule has 158 valence electrons. The fraction of sp³-hybridized carbons (Fsp3) is 0.700. The predicted octanol–water partition coefficient (Wildman–Crippen LogP) is 1.91. The standard InChI is InChI=1S/C20H30N6O3/c1-13(2)28-20(27)25-7-5-16(6-8-25)29-19-14(3)18(21-12-22-19)26-10-15-9-23-24(4)17(15)11-26/h9,12-13,15-17H,5-8,10-11H2,1-4H3. The maximum absolute atomic E-state index is 12.0. The predicted molar refractivity (Wildman–Crippen MR) is 109 cm³/mol. The Labute approximate surface area is 171 Å². The van der Waals surface area contributed by atoms with Gasteiger partial charge in [0.25, 0.3) is 0 Å². The van der Waals surface area contributed by atoms with Gasteiger partial charge in [0.1, 0.15) is 18.2 Å². The lowest BCUT2D eigenvalue weighted by Crippen LogP contribution is -2.42. The maximum atomic E-state index is 12.0. The van der Waals surface area contributed by atoms with E-state index in [0.717, 1.165) is 37.3 Å². The van der Waals surface area contributed by atoms with Crippen LogP contribution in [0, 0.1) is 12.8 Å². The first-order chi connectivity index (χ1) is 13.9. The number of nitrogens with zero attached hydrogens (tertiary/aromatic N) is 6. The average molecular weight is 402 g/mol. The van der Waals surface area contributed by atoms with Crippen molar-refractivity contribution in [3.05, 3.63) is 11.9 Å². The van der Waals surface area contributed by atoms with Crippen LogP contribution in [0.15, 0.2) is 11.4 Å². The molecule has 0 N–H and O–H groups in total. The van der Waals surface area contributed by atoms with Crippen LogP contribution in [0.25, 0.3) is 0 Å². The van der Waals surface area contributed by atoms with Gasteiger partial charge in [0.15, 0.2) is 0 Å². The Kier molecular flexibility index (Phi) is 5.47. The number of rotatable bonds is 4. The minimum absolute atomic E-state index is 0.0378. The van der Waals surface area contributed by atoms with E-state index >= 15 is 0 Å². The molecule has 0 aromatic carbocycles. The highest BCUT2D eigenvalue weighted by Crippen LogP contribution is 2.32. The topological polar surface area (TPSA) is 83.4 Å². The van der Waals surface area contributed by atoms with Crippen molar-refractivity contribution in [1.82, 2.24) is 19.9 Å². The van der Waals surface area contributed by atoms with E-state index in [1.807, 2.05) is 39.0 Å². The molecule has 0 spiro atoms. The van der Waals surface area contributed by atoms with Gasteiger partial charge in [-0.1, -0.05) is 0 Å². The van der Waals surface area contributed by atoms with Crippen molar-refractivity contribution in [2.45, 2.75) is 51.9 Å². The van der Waals surface area contributed by atoms with Crippen molar-refractivity contribution in [2.75, 3.05) is 38.1 Å². The zero-order valence-corrected chi connectivity index (χ0v) is 17.6. The summed E-state index contributed by atoms with van der Waals surface area (Å²) in [5, 5.41) is 6.43. The summed E-state index contributed by atoms with van der Waals surface area (Å²) in [6.07, 6.45) is 4.84. The fourth-order valence-electron chi connectivity index (χ4n) is 4.26. The van der Waals surface area contributed by atoms with Gasteiger partial charge < -0.3 is 19.3 Å². The van der Waals surface area contributed by atoms with Crippen LogP contribution in [0.4, 0.5) is 10.6 Å². The Bertz CT molecular complexity index is 777. The van der Waals surface area contributed by atoms with Crippen molar-refractivity contribution < 1.29 is 14.3 Å². The lowest BCUT2D eigenvalue weighted by molar-refractivity contribution is 0.0505. The molecule has 29 heavy (non-hydrogen) atoms. The molecule has 0 radical (unpaired) electrons. The van der Waals surface area contributed by atoms with E-state index in [4.69, 9.17) is 9.47 Å². The van der Waals surface area contributed by atoms with Crippen molar-refractivity contribution in [3.63, 3.8) is 0 Å². The SMILES string of the molecule is Cc1c(OC2CCN(C(=O)OC(C)C)CC2)ncnc1N1CC2C=NN(C)C2C1. The molecule has 1 aromatic rings. The molecular formula is C20H30N6O3. The lowest BCUT2D eigenvalue weighted by Gasteiger charge is -2.32. The largest absolute Gasteiger partial charge is 0.474 e. The van der Waals surface area contributed by atoms with Gasteiger partial charge >= 0.3 is 6.09 Å². The van der Waals surface area contributed by atoms with E-state index in [0.29, 0.717) is 30.9 Å². The number of aromatic nitrogens is 2. The van der Waals surface area contributed by atoms with E-state index in [1.54, 1.807) is 11.2 Å². The summed E-state index contributed by atoms with van der Waals surface area (Å²) >= 11 is 0. The third kappa shape index (κ3) is 4.09. The second-order valence-electron chi connectivity index (χ2n) is 8.34. The van der Waals surface area contributed by atoms with Gasteiger partial charge in [0.2, 0.25) is 5.88 Å². The first-order valence-corrected chi connectivity index (χ1v) is 10.4. The number of likely N-dealkylation sites (tertiary alicyclic amines) is 1. The summed E-state index contributed by atoms with van der Waals surface area (Å²) in [5.74, 6) is 2.01. The van der Waals surface area contributed by atoms with Crippen LogP contribution < -0.4 is 9.64 Å². The molecule has 9 nitrogen and oxygen atoms in total. The van der Waals surface area contributed by atoms with Crippen LogP contribution >= 0.6 is 0 Å². The van der Waals surface area contributed by atoms with Crippen LogP contribution in [0.2, 0.25) is 0 Å². The van der Waals surface area contributed by atoms with E-state index in [9.17, 15) is 4.79 Å². The molecule has 0 bridgehead atoms. The van der Waals surface area contributed by atoms with Crippen molar-refractivity contribution in [2.24, 2.45) is 11.0 Å². The van der Waals surface area contributed by atoms with Gasteiger partial charge in [-0.25, -0.2) is 14.8 Å². The Balaban J connectivity index is 1.37. The summed E-state index contributed by atoms with van der Waals surface area (Å²) in [5.41, 5.74) is 0.966. The molecule has 1 amide bonds. The molecule has 9 heteroatoms. The smallest absolute Gasteiger partial charge is 0.410 e. The van der Waals surface area contributed by atoms with Gasteiger partial charge in [-0.3, -0.25) is 5.01 Å². The minimum atomic E-state index is -0.243. The molecule has 3 aliphatic rings. The third-order valence-electron chi connectivity index (χ3n) is 5.88. The number of ether oxygens (including phenoxy) is 2. The Morgan fingerprint density at radius 2 is 1.97 bits per heavy atom. The number of likely N-dealkylation sites (N-methyl/N-ethyl adjacent to an activating group) is 1. The number of piperidine rings is 1. The second-order valence-corrected chi connectivity index (χ2v) is 8.34. The van der Waals surface area contributed by atoms with Crippen molar-refractivity contribution in [3.8, 4) is 5.88 Å². The van der Waals surface area contributed by atoms with E-state index in [1.165, 1.54) is 0 Å². The molecule has 0 aliphatic carbocycles. The van der Waals surface area contributed by atoms with Gasteiger partial charge in [-0.15, -0.1) is 0 Å². The zero-order valence-electron chi connectivity index (χ0n) is 17.6. The Hall–Kier alpha value is -2.58. The van der Waals surface area contributed by atoms with Crippen LogP contribution in [0.3, 0.4) is 0 Å². The normalized spacial score (nSPS) is 24.4. The second kappa shape index (κ2) is 8.04. The van der Waals surface area contributed by atoms with Crippen LogP contribution in [0.1, 0.15) is 32.3 Å². The number of hydrogen-bond acceptors (Lipinski definition) is 8. The van der Waals surface area contributed by atoms with Crippen LogP contribution in [-0.4, -0.2) is 83.7 Å². The molecule has 2 saturated heterocycles. The van der Waals surface area contributed by atoms with Crippen LogP contribution in [-0.2, 0) is 4.74 Å². The molecule has 4 heterocycles. The minimum Gasteiger partial charge on any atom is -0.474 e. The van der Waals surface area contributed by atoms with Crippen LogP contribution in [0.5, 0.6) is 5.88 Å². The van der Waals surface area contributed by atoms with E-state index in [-0.39, 0.29) is 18.3 Å². The fourth-order valence-corrected chi connectivity index (χ4v) is 4.26. The third-order valence-corrected chi connectivity index (χ3v) is 5.88. The Morgan fingerprint density at radius 3 is 2.66 bits per heavy atom. The number of fused-ring (bicyclic) bond motifs is 1. The monoisotopic (exact) mass is 402 g/mol. The Morgan fingerprint density at radius 1 is 1.21 bits per heavy atom. The number of anilines is 1. The van der Waals surface area contributed by atoms with E-state index in [2.05, 4.69) is 20.0 Å². The average Bonchev–Trinajstić information content (AvgIpc) is 3.25. The summed E-state index contributed by atoms with van der Waals surface area (Å²) in [6.45, 7) is 8.82. The first kappa shape index (κ1) is 19.7. The molecule has 1 aromatic heterocycles. The summed E-state index contributed by atoms with van der Waals surface area (Å²) in [7, 11) is 2.02. The summed E-state index contributed by atoms with van der Waals surface area (Å²) in [4.78, 5) is 25.0. The molecule has 4 rings (SSSR count). The summed E-state index contributed by atoms with van der Waals surface area (Å²) in [6, 6.07) is 0.406. The number of amides is 1. The molecule has 3 aliphatic heterocycles. The molecule has 2 atom stereocenters. The van der Waals surface area contributed by atoms with E-state index < -0.39 is 0 Å². The highest BCUT2D eigenvalue weighted by atomic mass is 16.6. The van der Waals surface area contributed by atoms with Crippen molar-refractivity contribution >= 4 is 18.1 Å².